The van der Waals surface area contributed by atoms with Crippen molar-refractivity contribution in [2.75, 3.05) is 53.9 Å². The Morgan fingerprint density at radius 3 is 1.12 bits per heavy atom. The molecule has 2 heterocycles. The SMILES string of the molecule is CCOc1ccc2ccccc2c1C(=O)c1ccc2c(c1)c1cc(C(=NOC(C)=O)c3ccccc3OC)ccc1n2CCOCCOCCn1c2ccc(C(=O)c3c(OCC)ccc4ccccc34)cc2c2cc(C(=NOC(C)=O)c3ccccc3OC)ccc21. The number of para-hydroxylation sites is 2. The monoisotopic (exact) mass is 1230 g/mol. The van der Waals surface area contributed by atoms with E-state index in [0.717, 1.165) is 65.2 Å². The summed E-state index contributed by atoms with van der Waals surface area (Å²) in [6, 6.07) is 61.3. The van der Waals surface area contributed by atoms with Crippen molar-refractivity contribution >= 4 is 100 Å². The molecule has 0 amide bonds. The van der Waals surface area contributed by atoms with Gasteiger partial charge in [0.15, 0.2) is 11.6 Å². The van der Waals surface area contributed by atoms with E-state index in [0.29, 0.717) is 132 Å². The van der Waals surface area contributed by atoms with E-state index in [9.17, 15) is 19.2 Å². The number of methoxy groups -OCH3 is 2. The van der Waals surface area contributed by atoms with Crippen molar-refractivity contribution < 1.29 is 57.3 Å². The molecule has 12 rings (SSSR count). The summed E-state index contributed by atoms with van der Waals surface area (Å²) in [4.78, 5) is 64.7. The van der Waals surface area contributed by atoms with Crippen LogP contribution in [0.2, 0.25) is 0 Å². The van der Waals surface area contributed by atoms with E-state index in [1.54, 1.807) is 14.2 Å². The predicted octanol–water partition coefficient (Wildman–Crippen LogP) is 14.8. The zero-order valence-electron chi connectivity index (χ0n) is 51.8. The molecule has 462 valence electrons. The highest BCUT2D eigenvalue weighted by Gasteiger charge is 2.25. The first-order chi connectivity index (χ1) is 45.0. The maximum absolute atomic E-state index is 14.9. The highest BCUT2D eigenvalue weighted by Crippen LogP contribution is 2.38. The van der Waals surface area contributed by atoms with E-state index in [1.165, 1.54) is 13.8 Å². The van der Waals surface area contributed by atoms with Crippen LogP contribution in [0.25, 0.3) is 65.2 Å². The van der Waals surface area contributed by atoms with E-state index in [-0.39, 0.29) is 11.6 Å². The average Bonchev–Trinajstić information content (AvgIpc) is 1.58. The molecule has 0 spiro atoms. The Balaban J connectivity index is 0.825. The Morgan fingerprint density at radius 1 is 0.380 bits per heavy atom. The molecule has 0 saturated heterocycles. The van der Waals surface area contributed by atoms with Crippen LogP contribution in [0.3, 0.4) is 0 Å². The first-order valence-electron chi connectivity index (χ1n) is 30.4. The van der Waals surface area contributed by atoms with E-state index in [2.05, 4.69) is 19.4 Å². The highest BCUT2D eigenvalue weighted by atomic mass is 16.7. The Hall–Kier alpha value is -10.9. The lowest BCUT2D eigenvalue weighted by atomic mass is 9.95. The number of hydrogen-bond donors (Lipinski definition) is 0. The number of ether oxygens (including phenoxy) is 6. The van der Waals surface area contributed by atoms with Crippen molar-refractivity contribution in [3.63, 3.8) is 0 Å². The predicted molar refractivity (Wildman–Crippen MR) is 358 cm³/mol. The molecule has 16 nitrogen and oxygen atoms in total. The average molecular weight is 1230 g/mol. The normalized spacial score (nSPS) is 11.9. The van der Waals surface area contributed by atoms with E-state index in [4.69, 9.17) is 38.1 Å². The van der Waals surface area contributed by atoms with Gasteiger partial charge in [0.1, 0.15) is 34.4 Å². The molecule has 0 bridgehead atoms. The molecule has 12 aromatic rings. The summed E-state index contributed by atoms with van der Waals surface area (Å²) in [6.45, 7) is 9.34. The number of aromatic nitrogens is 2. The topological polar surface area (TPSA) is 177 Å². The molecule has 0 aliphatic carbocycles. The molecule has 16 heteroatoms. The van der Waals surface area contributed by atoms with Crippen molar-refractivity contribution in [1.82, 2.24) is 9.13 Å². The van der Waals surface area contributed by atoms with Gasteiger partial charge in [-0.3, -0.25) is 9.59 Å². The number of carbonyl (C=O) groups is 4. The lowest BCUT2D eigenvalue weighted by molar-refractivity contribution is -0.141. The smallest absolute Gasteiger partial charge is 0.332 e. The summed E-state index contributed by atoms with van der Waals surface area (Å²) in [5, 5.41) is 15.4. The van der Waals surface area contributed by atoms with E-state index in [1.807, 2.05) is 208 Å². The van der Waals surface area contributed by atoms with Gasteiger partial charge in [-0.25, -0.2) is 9.59 Å². The first kappa shape index (κ1) is 61.3. The molecule has 0 saturated carbocycles. The van der Waals surface area contributed by atoms with Gasteiger partial charge in [0.25, 0.3) is 0 Å². The van der Waals surface area contributed by atoms with Gasteiger partial charge in [-0.15, -0.1) is 0 Å². The number of hydrogen-bond acceptors (Lipinski definition) is 14. The lowest BCUT2D eigenvalue weighted by Crippen LogP contribution is -2.12. The van der Waals surface area contributed by atoms with Crippen LogP contribution in [-0.2, 0) is 41.8 Å². The second-order valence-corrected chi connectivity index (χ2v) is 21.7. The summed E-state index contributed by atoms with van der Waals surface area (Å²) in [6.07, 6.45) is 0. The Bertz CT molecular complexity index is 4600. The van der Waals surface area contributed by atoms with Crippen LogP contribution >= 0.6 is 0 Å². The van der Waals surface area contributed by atoms with Gasteiger partial charge in [-0.1, -0.05) is 107 Å². The Labute approximate surface area is 530 Å². The number of carbonyl (C=O) groups excluding carboxylic acids is 4. The van der Waals surface area contributed by atoms with Gasteiger partial charge in [-0.05, 0) is 132 Å². The standard InChI is InChI=1S/C76H66N4O12/c1-7-89-69-35-29-49-17-9-11-19-55(49)71(69)75(83)53-27-33-65-61(45-53)59-43-51(73(77-91-47(3)81)57-21-13-15-23-67(57)85-5)25-31-63(59)79(65)37-39-87-41-42-88-40-38-80-64-32-26-52(74(78-92-48(4)82)58-22-14-16-24-68(58)86-6)44-60(64)62-46-54(28-34-66(62)80)76(84)72-56-20-12-10-18-50(56)30-36-70(72)90-8-2/h9-36,43-46H,7-8,37-42H2,1-6H3. The minimum absolute atomic E-state index is 0.178. The second-order valence-electron chi connectivity index (χ2n) is 21.7. The summed E-state index contributed by atoms with van der Waals surface area (Å²) < 4.78 is 40.6. The van der Waals surface area contributed by atoms with Gasteiger partial charge in [0, 0.05) is 104 Å². The zero-order valence-corrected chi connectivity index (χ0v) is 51.8. The van der Waals surface area contributed by atoms with Crippen molar-refractivity contribution in [2.45, 2.75) is 40.8 Å². The van der Waals surface area contributed by atoms with Gasteiger partial charge < -0.3 is 47.2 Å². The third-order valence-corrected chi connectivity index (χ3v) is 16.2. The first-order valence-corrected chi connectivity index (χ1v) is 30.4. The third kappa shape index (κ3) is 12.3. The molecule has 0 atom stereocenters. The minimum atomic E-state index is -0.577. The van der Waals surface area contributed by atoms with Crippen LogP contribution in [0.5, 0.6) is 23.0 Å². The molecular formula is C76H66N4O12. The Morgan fingerprint density at radius 2 is 0.739 bits per heavy atom. The Kier molecular flexibility index (Phi) is 18.3. The molecule has 10 aromatic carbocycles. The molecule has 0 radical (unpaired) electrons. The minimum Gasteiger partial charge on any atom is -0.496 e. The fraction of sp³-hybridized carbons (Fsp3) is 0.184. The quantitative estimate of drug-likeness (QED) is 0.0174. The van der Waals surface area contributed by atoms with Gasteiger partial charge >= 0.3 is 11.9 Å². The van der Waals surface area contributed by atoms with Crippen LogP contribution in [0.15, 0.2) is 204 Å². The molecule has 0 aliphatic heterocycles. The highest BCUT2D eigenvalue weighted by molar-refractivity contribution is 6.24. The van der Waals surface area contributed by atoms with Crippen molar-refractivity contribution in [3.05, 3.63) is 239 Å². The summed E-state index contributed by atoms with van der Waals surface area (Å²) in [7, 11) is 3.15. The lowest BCUT2D eigenvalue weighted by Gasteiger charge is -2.13. The zero-order chi connectivity index (χ0) is 63.8. The number of rotatable bonds is 25. The largest absolute Gasteiger partial charge is 0.496 e. The molecule has 0 aliphatic rings. The summed E-state index contributed by atoms with van der Waals surface area (Å²) in [5.41, 5.74) is 8.77. The number of ketones is 2. The number of benzene rings is 10. The molecule has 0 N–H and O–H groups in total. The summed E-state index contributed by atoms with van der Waals surface area (Å²) >= 11 is 0. The van der Waals surface area contributed by atoms with Gasteiger partial charge in [0.2, 0.25) is 0 Å². The molecule has 92 heavy (non-hydrogen) atoms. The van der Waals surface area contributed by atoms with Crippen LogP contribution in [0.1, 0.15) is 81.8 Å². The number of nitrogens with zero attached hydrogens (tertiary/aromatic N) is 4. The fourth-order valence-electron chi connectivity index (χ4n) is 12.1. The summed E-state index contributed by atoms with van der Waals surface area (Å²) in [5.74, 6) is 0.592. The van der Waals surface area contributed by atoms with Crippen LogP contribution in [-0.4, -0.2) is 97.9 Å². The van der Waals surface area contributed by atoms with Crippen LogP contribution < -0.4 is 18.9 Å². The van der Waals surface area contributed by atoms with Gasteiger partial charge in [0.05, 0.1) is 65.0 Å². The molecule has 0 unspecified atom stereocenters. The third-order valence-electron chi connectivity index (χ3n) is 16.2. The van der Waals surface area contributed by atoms with Crippen LogP contribution in [0, 0.1) is 0 Å². The second kappa shape index (κ2) is 27.4. The molecule has 0 fully saturated rings. The maximum atomic E-state index is 14.9. The van der Waals surface area contributed by atoms with Crippen molar-refractivity contribution in [2.24, 2.45) is 10.3 Å². The van der Waals surface area contributed by atoms with E-state index < -0.39 is 11.9 Å². The van der Waals surface area contributed by atoms with Gasteiger partial charge in [-0.2, -0.15) is 0 Å². The number of fused-ring (bicyclic) bond motifs is 8. The van der Waals surface area contributed by atoms with Crippen molar-refractivity contribution in [3.8, 4) is 23.0 Å². The fourth-order valence-corrected chi connectivity index (χ4v) is 12.1. The maximum Gasteiger partial charge on any atom is 0.332 e. The number of oxime groups is 2. The molecular weight excluding hydrogens is 1160 g/mol. The molecule has 2 aromatic heterocycles. The van der Waals surface area contributed by atoms with E-state index >= 15 is 0 Å². The van der Waals surface area contributed by atoms with Crippen molar-refractivity contribution in [1.29, 1.82) is 0 Å². The van der Waals surface area contributed by atoms with Crippen LogP contribution in [0.4, 0.5) is 0 Å².